The van der Waals surface area contributed by atoms with Crippen molar-refractivity contribution in [3.8, 4) is 11.5 Å². The van der Waals surface area contributed by atoms with Crippen molar-refractivity contribution in [1.82, 2.24) is 4.98 Å². The molecule has 1 aliphatic rings. The third-order valence-corrected chi connectivity index (χ3v) is 3.78. The molecule has 18 heavy (non-hydrogen) atoms. The Labute approximate surface area is 108 Å². The maximum atomic E-state index is 11.6. The molecule has 0 saturated heterocycles. The molecule has 1 aromatic rings. The first-order chi connectivity index (χ1) is 8.46. The van der Waals surface area contributed by atoms with Crippen LogP contribution in [0.2, 0.25) is 0 Å². The van der Waals surface area contributed by atoms with Crippen LogP contribution in [0.1, 0.15) is 12.6 Å². The number of esters is 1. The molecular weight excluding hydrogens is 256 g/mol. The van der Waals surface area contributed by atoms with Gasteiger partial charge in [-0.3, -0.25) is 4.99 Å². The van der Waals surface area contributed by atoms with Crippen molar-refractivity contribution in [2.45, 2.75) is 12.5 Å². The lowest BCUT2D eigenvalue weighted by molar-refractivity contribution is -0.145. The van der Waals surface area contributed by atoms with Crippen molar-refractivity contribution >= 4 is 22.8 Å². The minimum Gasteiger partial charge on any atom is -0.506 e. The van der Waals surface area contributed by atoms with Crippen LogP contribution < -0.4 is 0 Å². The highest BCUT2D eigenvalue weighted by Gasteiger charge is 2.40. The summed E-state index contributed by atoms with van der Waals surface area (Å²) in [6.07, 6.45) is 1.21. The Bertz CT molecular complexity index is 532. The van der Waals surface area contributed by atoms with Crippen LogP contribution in [0.5, 0.6) is 11.5 Å². The van der Waals surface area contributed by atoms with Crippen LogP contribution in [0, 0.1) is 0 Å². The Hall–Kier alpha value is -1.76. The van der Waals surface area contributed by atoms with Gasteiger partial charge in [-0.15, -0.1) is 11.8 Å². The molecular formula is C11H12N2O4S. The Kier molecular flexibility index (Phi) is 3.16. The molecule has 2 heterocycles. The summed E-state index contributed by atoms with van der Waals surface area (Å²) in [7, 11) is 1.31. The van der Waals surface area contributed by atoms with Crippen LogP contribution in [-0.2, 0) is 9.53 Å². The largest absolute Gasteiger partial charge is 0.506 e. The predicted molar refractivity (Wildman–Crippen MR) is 67.0 cm³/mol. The summed E-state index contributed by atoms with van der Waals surface area (Å²) in [6.45, 7) is 1.66. The first kappa shape index (κ1) is 12.7. The molecule has 0 saturated carbocycles. The lowest BCUT2D eigenvalue weighted by Gasteiger charge is -2.15. The maximum Gasteiger partial charge on any atom is 0.334 e. The summed E-state index contributed by atoms with van der Waals surface area (Å²) in [5, 5.41) is 19.3. The lowest BCUT2D eigenvalue weighted by Crippen LogP contribution is -2.34. The topological polar surface area (TPSA) is 92.0 Å². The molecule has 1 aromatic heterocycles. The van der Waals surface area contributed by atoms with Gasteiger partial charge < -0.3 is 14.9 Å². The predicted octanol–water partition coefficient (Wildman–Crippen LogP) is 0.918. The Morgan fingerprint density at radius 2 is 2.28 bits per heavy atom. The molecule has 6 nitrogen and oxygen atoms in total. The van der Waals surface area contributed by atoms with Crippen molar-refractivity contribution in [2.24, 2.45) is 4.99 Å². The molecule has 2 N–H and O–H groups in total. The van der Waals surface area contributed by atoms with Crippen molar-refractivity contribution < 1.29 is 19.7 Å². The molecule has 0 spiro atoms. The molecule has 0 fully saturated rings. The third kappa shape index (κ3) is 2.13. The highest BCUT2D eigenvalue weighted by molar-refractivity contribution is 8.14. The molecule has 0 aromatic carbocycles. The fourth-order valence-corrected chi connectivity index (χ4v) is 2.71. The monoisotopic (exact) mass is 268 g/mol. The third-order valence-electron chi connectivity index (χ3n) is 2.52. The standard InChI is InChI=1S/C11H12N2O4S/c1-11(10(16)17-2)5-18-9(13-11)8-7(15)3-6(14)4-12-8/h3-4,14-15H,5H2,1-2H3/t11-/m1/s1. The van der Waals surface area contributed by atoms with Crippen LogP contribution in [0.25, 0.3) is 0 Å². The Morgan fingerprint density at radius 3 is 2.89 bits per heavy atom. The average Bonchev–Trinajstić information content (AvgIpc) is 2.72. The minimum absolute atomic E-state index is 0.129. The van der Waals surface area contributed by atoms with Crippen LogP contribution in [0.3, 0.4) is 0 Å². The summed E-state index contributed by atoms with van der Waals surface area (Å²) in [5.74, 6) is -0.300. The van der Waals surface area contributed by atoms with Gasteiger partial charge in [0.05, 0.1) is 13.3 Å². The van der Waals surface area contributed by atoms with E-state index < -0.39 is 11.5 Å². The second-order valence-electron chi connectivity index (χ2n) is 4.03. The number of aliphatic imine (C=N–C) groups is 1. The van der Waals surface area contributed by atoms with E-state index >= 15 is 0 Å². The highest BCUT2D eigenvalue weighted by atomic mass is 32.2. The van der Waals surface area contributed by atoms with Crippen molar-refractivity contribution in [3.63, 3.8) is 0 Å². The van der Waals surface area contributed by atoms with Gasteiger partial charge in [-0.25, -0.2) is 9.78 Å². The lowest BCUT2D eigenvalue weighted by atomic mass is 10.1. The highest BCUT2D eigenvalue weighted by Crippen LogP contribution is 2.34. The minimum atomic E-state index is -0.958. The molecule has 7 heteroatoms. The molecule has 1 aliphatic heterocycles. The van der Waals surface area contributed by atoms with Gasteiger partial charge in [0.25, 0.3) is 0 Å². The van der Waals surface area contributed by atoms with Gasteiger partial charge in [0.1, 0.15) is 22.2 Å². The molecule has 0 aliphatic carbocycles. The number of aromatic nitrogens is 1. The SMILES string of the molecule is COC(=O)[C@@]1(C)CSC(c2ncc(O)cc2O)=N1. The van der Waals surface area contributed by atoms with Crippen LogP contribution in [0.15, 0.2) is 17.3 Å². The summed E-state index contributed by atoms with van der Waals surface area (Å²) < 4.78 is 4.69. The number of thioether (sulfide) groups is 1. The van der Waals surface area contributed by atoms with E-state index in [1.54, 1.807) is 6.92 Å². The molecule has 96 valence electrons. The second-order valence-corrected chi connectivity index (χ2v) is 5.00. The number of carbonyl (C=O) groups excluding carboxylic acids is 1. The number of pyridine rings is 1. The van der Waals surface area contributed by atoms with E-state index in [0.717, 1.165) is 0 Å². The van der Waals surface area contributed by atoms with E-state index in [9.17, 15) is 9.90 Å². The number of ether oxygens (including phenoxy) is 1. The zero-order valence-electron chi connectivity index (χ0n) is 9.88. The van der Waals surface area contributed by atoms with E-state index in [1.165, 1.54) is 31.1 Å². The van der Waals surface area contributed by atoms with E-state index in [4.69, 9.17) is 5.11 Å². The second kappa shape index (κ2) is 4.49. The zero-order valence-corrected chi connectivity index (χ0v) is 10.7. The number of carbonyl (C=O) groups is 1. The zero-order chi connectivity index (χ0) is 13.3. The van der Waals surface area contributed by atoms with Gasteiger partial charge >= 0.3 is 5.97 Å². The summed E-state index contributed by atoms with van der Waals surface area (Å²) >= 11 is 1.31. The quantitative estimate of drug-likeness (QED) is 0.775. The molecule has 2 rings (SSSR count). The first-order valence-electron chi connectivity index (χ1n) is 5.16. The number of aromatic hydroxyl groups is 2. The van der Waals surface area contributed by atoms with Gasteiger partial charge in [-0.2, -0.15) is 0 Å². The van der Waals surface area contributed by atoms with Crippen LogP contribution in [-0.4, -0.2) is 44.6 Å². The van der Waals surface area contributed by atoms with Gasteiger partial charge in [0.2, 0.25) is 0 Å². The van der Waals surface area contributed by atoms with E-state index in [2.05, 4.69) is 14.7 Å². The number of nitrogens with zero attached hydrogens (tertiary/aromatic N) is 2. The summed E-state index contributed by atoms with van der Waals surface area (Å²) in [4.78, 5) is 19.7. The fourth-order valence-electron chi connectivity index (χ4n) is 1.55. The smallest absolute Gasteiger partial charge is 0.334 e. The molecule has 0 unspecified atom stereocenters. The van der Waals surface area contributed by atoms with Gasteiger partial charge in [0.15, 0.2) is 5.54 Å². The van der Waals surface area contributed by atoms with Gasteiger partial charge in [-0.1, -0.05) is 0 Å². The number of rotatable bonds is 2. The normalized spacial score (nSPS) is 22.7. The fraction of sp³-hybridized carbons (Fsp3) is 0.364. The maximum absolute atomic E-state index is 11.6. The molecule has 1 atom stereocenters. The van der Waals surface area contributed by atoms with E-state index in [1.807, 2.05) is 0 Å². The Morgan fingerprint density at radius 1 is 1.56 bits per heavy atom. The van der Waals surface area contributed by atoms with Crippen molar-refractivity contribution in [2.75, 3.05) is 12.9 Å². The van der Waals surface area contributed by atoms with E-state index in [0.29, 0.717) is 10.8 Å². The number of hydrogen-bond donors (Lipinski definition) is 2. The molecule has 0 radical (unpaired) electrons. The first-order valence-corrected chi connectivity index (χ1v) is 6.14. The molecule has 0 amide bonds. The van der Waals surface area contributed by atoms with Crippen molar-refractivity contribution in [1.29, 1.82) is 0 Å². The average molecular weight is 268 g/mol. The van der Waals surface area contributed by atoms with Crippen LogP contribution >= 0.6 is 11.8 Å². The summed E-state index contributed by atoms with van der Waals surface area (Å²) in [5.41, 5.74) is -0.703. The van der Waals surface area contributed by atoms with Crippen LogP contribution in [0.4, 0.5) is 0 Å². The van der Waals surface area contributed by atoms with Crippen molar-refractivity contribution in [3.05, 3.63) is 18.0 Å². The number of hydrogen-bond acceptors (Lipinski definition) is 7. The van der Waals surface area contributed by atoms with Gasteiger partial charge in [-0.05, 0) is 6.92 Å². The number of methoxy groups -OCH3 is 1. The Balaban J connectivity index is 2.36. The van der Waals surface area contributed by atoms with E-state index in [-0.39, 0.29) is 17.2 Å². The summed E-state index contributed by atoms with van der Waals surface area (Å²) in [6, 6.07) is 1.18. The van der Waals surface area contributed by atoms with Gasteiger partial charge in [0, 0.05) is 11.8 Å². The molecule has 0 bridgehead atoms.